The summed E-state index contributed by atoms with van der Waals surface area (Å²) < 4.78 is 0. The molecule has 1 aromatic rings. The largest absolute Gasteiger partial charge is 0.396 e. The van der Waals surface area contributed by atoms with Gasteiger partial charge in [0.05, 0.1) is 0 Å². The van der Waals surface area contributed by atoms with Gasteiger partial charge >= 0.3 is 0 Å². The van der Waals surface area contributed by atoms with Gasteiger partial charge in [0, 0.05) is 23.9 Å². The van der Waals surface area contributed by atoms with Crippen LogP contribution in [0.4, 0.5) is 5.82 Å². The fraction of sp³-hybridized carbons (Fsp3) is 0.733. The first kappa shape index (κ1) is 14.3. The maximum Gasteiger partial charge on any atom is 0.133 e. The van der Waals surface area contributed by atoms with E-state index in [9.17, 15) is 5.11 Å². The van der Waals surface area contributed by atoms with E-state index in [2.05, 4.69) is 29.1 Å². The number of hydrogen-bond donors (Lipinski definition) is 2. The molecule has 0 aliphatic heterocycles. The van der Waals surface area contributed by atoms with Crippen LogP contribution in [0.1, 0.15) is 50.8 Å². The van der Waals surface area contributed by atoms with Gasteiger partial charge in [0.2, 0.25) is 0 Å². The maximum atomic E-state index is 9.17. The molecular formula is C15H25N3O. The molecule has 0 aromatic carbocycles. The van der Waals surface area contributed by atoms with Crippen molar-refractivity contribution in [2.24, 2.45) is 5.92 Å². The molecule has 1 unspecified atom stereocenters. The van der Waals surface area contributed by atoms with Crippen molar-refractivity contribution in [3.63, 3.8) is 0 Å². The van der Waals surface area contributed by atoms with Crippen LogP contribution in [0.5, 0.6) is 0 Å². The normalized spacial score (nSPS) is 16.8. The molecule has 1 heterocycles. The van der Waals surface area contributed by atoms with E-state index in [4.69, 9.17) is 0 Å². The van der Waals surface area contributed by atoms with Crippen LogP contribution in [0.25, 0.3) is 0 Å². The molecule has 0 saturated carbocycles. The van der Waals surface area contributed by atoms with Crippen LogP contribution in [0, 0.1) is 5.92 Å². The quantitative estimate of drug-likeness (QED) is 0.802. The van der Waals surface area contributed by atoms with Crippen molar-refractivity contribution in [3.8, 4) is 0 Å². The van der Waals surface area contributed by atoms with Gasteiger partial charge in [0.15, 0.2) is 0 Å². The minimum atomic E-state index is 0.211. The first-order valence-corrected chi connectivity index (χ1v) is 7.42. The smallest absolute Gasteiger partial charge is 0.133 e. The molecule has 1 atom stereocenters. The molecular weight excluding hydrogens is 238 g/mol. The molecule has 0 amide bonds. The van der Waals surface area contributed by atoms with E-state index in [0.717, 1.165) is 25.1 Å². The van der Waals surface area contributed by atoms with Crippen molar-refractivity contribution in [3.05, 3.63) is 17.6 Å². The Bertz CT molecular complexity index is 406. The monoisotopic (exact) mass is 263 g/mol. The SMILES string of the molecule is CC(C)C(CCO)Nc1ncnc2c1CCCCC2. The predicted octanol–water partition coefficient (Wildman–Crippen LogP) is 2.56. The van der Waals surface area contributed by atoms with Gasteiger partial charge in [-0.1, -0.05) is 20.3 Å². The van der Waals surface area contributed by atoms with E-state index < -0.39 is 0 Å². The van der Waals surface area contributed by atoms with Gasteiger partial charge in [0.1, 0.15) is 12.1 Å². The van der Waals surface area contributed by atoms with Crippen LogP contribution in [0.3, 0.4) is 0 Å². The van der Waals surface area contributed by atoms with Crippen LogP contribution < -0.4 is 5.32 Å². The van der Waals surface area contributed by atoms with Gasteiger partial charge in [0.25, 0.3) is 0 Å². The third-order valence-electron chi connectivity index (χ3n) is 3.94. The first-order chi connectivity index (χ1) is 9.22. The number of aliphatic hydroxyl groups is 1. The van der Waals surface area contributed by atoms with E-state index in [1.165, 1.54) is 30.5 Å². The number of fused-ring (bicyclic) bond motifs is 1. The van der Waals surface area contributed by atoms with Gasteiger partial charge in [-0.2, -0.15) is 0 Å². The van der Waals surface area contributed by atoms with Gasteiger partial charge in [-0.25, -0.2) is 9.97 Å². The summed E-state index contributed by atoms with van der Waals surface area (Å²) in [7, 11) is 0. The highest BCUT2D eigenvalue weighted by Gasteiger charge is 2.18. The summed E-state index contributed by atoms with van der Waals surface area (Å²) >= 11 is 0. The Kier molecular flexibility index (Phi) is 5.14. The van der Waals surface area contributed by atoms with Crippen LogP contribution in [-0.2, 0) is 12.8 Å². The van der Waals surface area contributed by atoms with Crippen molar-refractivity contribution >= 4 is 5.82 Å². The zero-order chi connectivity index (χ0) is 13.7. The van der Waals surface area contributed by atoms with Gasteiger partial charge in [-0.05, 0) is 38.0 Å². The van der Waals surface area contributed by atoms with Crippen molar-refractivity contribution in [1.82, 2.24) is 9.97 Å². The predicted molar refractivity (Wildman–Crippen MR) is 77.2 cm³/mol. The Labute approximate surface area is 115 Å². The lowest BCUT2D eigenvalue weighted by Gasteiger charge is -2.24. The fourth-order valence-corrected chi connectivity index (χ4v) is 2.71. The zero-order valence-corrected chi connectivity index (χ0v) is 12.0. The fourth-order valence-electron chi connectivity index (χ4n) is 2.71. The molecule has 106 valence electrons. The van der Waals surface area contributed by atoms with E-state index >= 15 is 0 Å². The van der Waals surface area contributed by atoms with E-state index in [-0.39, 0.29) is 12.6 Å². The molecule has 1 aromatic heterocycles. The lowest BCUT2D eigenvalue weighted by molar-refractivity contribution is 0.267. The van der Waals surface area contributed by atoms with Gasteiger partial charge in [-0.15, -0.1) is 0 Å². The summed E-state index contributed by atoms with van der Waals surface area (Å²) in [6.07, 6.45) is 8.30. The molecule has 0 fully saturated rings. The number of aromatic nitrogens is 2. The molecule has 1 aliphatic rings. The van der Waals surface area contributed by atoms with Crippen LogP contribution in [-0.4, -0.2) is 27.7 Å². The number of hydrogen-bond acceptors (Lipinski definition) is 4. The van der Waals surface area contributed by atoms with Crippen molar-refractivity contribution in [2.45, 2.75) is 58.4 Å². The summed E-state index contributed by atoms with van der Waals surface area (Å²) in [6.45, 7) is 4.56. The highest BCUT2D eigenvalue weighted by Crippen LogP contribution is 2.25. The first-order valence-electron chi connectivity index (χ1n) is 7.42. The Morgan fingerprint density at radius 3 is 2.74 bits per heavy atom. The molecule has 0 radical (unpaired) electrons. The summed E-state index contributed by atoms with van der Waals surface area (Å²) in [5.41, 5.74) is 2.50. The zero-order valence-electron chi connectivity index (χ0n) is 12.0. The third kappa shape index (κ3) is 3.66. The Morgan fingerprint density at radius 1 is 1.21 bits per heavy atom. The molecule has 4 nitrogen and oxygen atoms in total. The number of rotatable bonds is 5. The summed E-state index contributed by atoms with van der Waals surface area (Å²) in [5, 5.41) is 12.7. The molecule has 4 heteroatoms. The lowest BCUT2D eigenvalue weighted by atomic mass is 10.0. The molecule has 2 N–H and O–H groups in total. The molecule has 19 heavy (non-hydrogen) atoms. The second kappa shape index (κ2) is 6.85. The Hall–Kier alpha value is -1.16. The minimum Gasteiger partial charge on any atom is -0.396 e. The molecule has 2 rings (SSSR count). The standard InChI is InChI=1S/C15H25N3O/c1-11(2)13(8-9-19)18-15-12-6-4-3-5-7-14(12)16-10-17-15/h10-11,13,19H,3-9H2,1-2H3,(H,16,17,18). The molecule has 0 bridgehead atoms. The summed E-state index contributed by atoms with van der Waals surface area (Å²) in [6, 6.07) is 0.271. The van der Waals surface area contributed by atoms with E-state index in [0.29, 0.717) is 5.92 Å². The molecule has 0 saturated heterocycles. The van der Waals surface area contributed by atoms with Gasteiger partial charge < -0.3 is 10.4 Å². The lowest BCUT2D eigenvalue weighted by Crippen LogP contribution is -2.28. The number of anilines is 1. The topological polar surface area (TPSA) is 58.0 Å². The van der Waals surface area contributed by atoms with Gasteiger partial charge in [-0.3, -0.25) is 0 Å². The van der Waals surface area contributed by atoms with E-state index in [1.54, 1.807) is 6.33 Å². The number of nitrogens with one attached hydrogen (secondary N) is 1. The highest BCUT2D eigenvalue weighted by molar-refractivity contribution is 5.47. The number of aliphatic hydroxyl groups excluding tert-OH is 1. The average molecular weight is 263 g/mol. The molecule has 0 spiro atoms. The minimum absolute atomic E-state index is 0.211. The Morgan fingerprint density at radius 2 is 2.00 bits per heavy atom. The second-order valence-electron chi connectivity index (χ2n) is 5.72. The summed E-state index contributed by atoms with van der Waals surface area (Å²) in [5.74, 6) is 1.46. The Balaban J connectivity index is 2.19. The third-order valence-corrected chi connectivity index (χ3v) is 3.94. The van der Waals surface area contributed by atoms with Crippen LogP contribution in [0.2, 0.25) is 0 Å². The van der Waals surface area contributed by atoms with Crippen molar-refractivity contribution in [2.75, 3.05) is 11.9 Å². The highest BCUT2D eigenvalue weighted by atomic mass is 16.3. The summed E-state index contributed by atoms with van der Waals surface area (Å²) in [4.78, 5) is 8.87. The van der Waals surface area contributed by atoms with Crippen molar-refractivity contribution in [1.29, 1.82) is 0 Å². The number of aryl methyl sites for hydroxylation is 1. The maximum absolute atomic E-state index is 9.17. The average Bonchev–Trinajstić information content (AvgIpc) is 2.64. The van der Waals surface area contributed by atoms with E-state index in [1.807, 2.05) is 0 Å². The van der Waals surface area contributed by atoms with Crippen molar-refractivity contribution < 1.29 is 5.11 Å². The number of nitrogens with zero attached hydrogens (tertiary/aromatic N) is 2. The molecule has 1 aliphatic carbocycles. The second-order valence-corrected chi connectivity index (χ2v) is 5.72. The van der Waals surface area contributed by atoms with Crippen LogP contribution in [0.15, 0.2) is 6.33 Å². The van der Waals surface area contributed by atoms with Crippen LogP contribution >= 0.6 is 0 Å².